The van der Waals surface area contributed by atoms with Crippen molar-refractivity contribution in [3.05, 3.63) is 69.8 Å². The lowest BCUT2D eigenvalue weighted by molar-refractivity contribution is 0.0684. The number of hydrogen-bond donors (Lipinski definition) is 2. The summed E-state index contributed by atoms with van der Waals surface area (Å²) in [5.74, 6) is 4.33. The van der Waals surface area contributed by atoms with Gasteiger partial charge in [-0.25, -0.2) is 9.59 Å². The van der Waals surface area contributed by atoms with Gasteiger partial charge in [0.15, 0.2) is 0 Å². The Hall–Kier alpha value is -3.06. The number of aromatic carboxylic acids is 2. The molecule has 4 nitrogen and oxygen atoms in total. The normalized spacial score (nSPS) is 11.5. The monoisotopic (exact) mass is 378 g/mol. The van der Waals surface area contributed by atoms with E-state index in [0.29, 0.717) is 11.1 Å². The number of carbonyl (C=O) groups is 2. The van der Waals surface area contributed by atoms with Gasteiger partial charge in [0.25, 0.3) is 0 Å². The summed E-state index contributed by atoms with van der Waals surface area (Å²) in [5.41, 5.74) is 3.04. The highest BCUT2D eigenvalue weighted by Gasteiger charge is 2.31. The first kappa shape index (κ1) is 21.2. The molecule has 0 aliphatic carbocycles. The van der Waals surface area contributed by atoms with Crippen molar-refractivity contribution in [3.63, 3.8) is 0 Å². The SMILES string of the molecule is CC(C)(C)c1c(C#Cc2ccc(C(=O)O)cc2)ccc(C(=O)O)c1C(C)(C)C. The van der Waals surface area contributed by atoms with E-state index in [1.807, 2.05) is 20.8 Å². The summed E-state index contributed by atoms with van der Waals surface area (Å²) in [5, 5.41) is 18.7. The standard InChI is InChI=1S/C24H26O4/c1-23(2,3)19-16(10-7-15-8-11-17(12-9-15)21(25)26)13-14-18(22(27)28)20(19)24(4,5)6/h8-9,11-14H,1-6H3,(H,25,26)(H,27,28). The van der Waals surface area contributed by atoms with Gasteiger partial charge in [-0.2, -0.15) is 0 Å². The maximum atomic E-state index is 11.8. The summed E-state index contributed by atoms with van der Waals surface area (Å²) in [7, 11) is 0. The zero-order chi connectivity index (χ0) is 21.3. The second kappa shape index (κ2) is 7.52. The van der Waals surface area contributed by atoms with Gasteiger partial charge >= 0.3 is 11.9 Å². The van der Waals surface area contributed by atoms with Crippen molar-refractivity contribution in [2.45, 2.75) is 52.4 Å². The Morgan fingerprint density at radius 3 is 1.68 bits per heavy atom. The number of carboxylic acids is 2. The zero-order valence-electron chi connectivity index (χ0n) is 17.2. The van der Waals surface area contributed by atoms with Gasteiger partial charge in [0.05, 0.1) is 11.1 Å². The Kier molecular flexibility index (Phi) is 5.70. The van der Waals surface area contributed by atoms with Crippen molar-refractivity contribution in [1.29, 1.82) is 0 Å². The highest BCUT2D eigenvalue weighted by Crippen LogP contribution is 2.38. The molecule has 0 amide bonds. The summed E-state index contributed by atoms with van der Waals surface area (Å²) in [6, 6.07) is 9.76. The molecule has 0 aliphatic rings. The van der Waals surface area contributed by atoms with E-state index in [-0.39, 0.29) is 16.4 Å². The lowest BCUT2D eigenvalue weighted by atomic mass is 9.71. The van der Waals surface area contributed by atoms with Crippen molar-refractivity contribution in [2.75, 3.05) is 0 Å². The molecule has 0 heterocycles. The van der Waals surface area contributed by atoms with Crippen LogP contribution in [0.1, 0.15) is 84.5 Å². The Bertz CT molecular complexity index is 973. The van der Waals surface area contributed by atoms with Gasteiger partial charge < -0.3 is 10.2 Å². The van der Waals surface area contributed by atoms with Gasteiger partial charge in [-0.15, -0.1) is 0 Å². The van der Waals surface area contributed by atoms with Gasteiger partial charge in [0, 0.05) is 11.1 Å². The second-order valence-electron chi connectivity index (χ2n) is 8.85. The maximum Gasteiger partial charge on any atom is 0.335 e. The summed E-state index contributed by atoms with van der Waals surface area (Å²) in [4.78, 5) is 22.8. The van der Waals surface area contributed by atoms with E-state index in [1.165, 1.54) is 12.1 Å². The molecule has 0 bridgehead atoms. The Morgan fingerprint density at radius 2 is 1.25 bits per heavy atom. The van der Waals surface area contributed by atoms with Crippen molar-refractivity contribution in [1.82, 2.24) is 0 Å². The van der Waals surface area contributed by atoms with Crippen LogP contribution in [0.25, 0.3) is 0 Å². The molecule has 28 heavy (non-hydrogen) atoms. The molecule has 0 spiro atoms. The molecule has 0 aromatic heterocycles. The van der Waals surface area contributed by atoms with Crippen LogP contribution in [0.4, 0.5) is 0 Å². The van der Waals surface area contributed by atoms with Gasteiger partial charge in [0.1, 0.15) is 0 Å². The van der Waals surface area contributed by atoms with Crippen LogP contribution in [0.5, 0.6) is 0 Å². The van der Waals surface area contributed by atoms with E-state index in [9.17, 15) is 14.7 Å². The average Bonchev–Trinajstić information content (AvgIpc) is 2.57. The average molecular weight is 378 g/mol. The highest BCUT2D eigenvalue weighted by molar-refractivity contribution is 5.91. The van der Waals surface area contributed by atoms with E-state index >= 15 is 0 Å². The quantitative estimate of drug-likeness (QED) is 0.715. The molecule has 2 rings (SSSR count). The third-order valence-corrected chi connectivity index (χ3v) is 4.41. The van der Waals surface area contributed by atoms with Crippen LogP contribution in [0.3, 0.4) is 0 Å². The lowest BCUT2D eigenvalue weighted by Gasteiger charge is -2.32. The summed E-state index contributed by atoms with van der Waals surface area (Å²) < 4.78 is 0. The smallest absolute Gasteiger partial charge is 0.335 e. The molecule has 0 aliphatic heterocycles. The Balaban J connectivity index is 2.69. The fourth-order valence-electron chi connectivity index (χ4n) is 3.28. The fourth-order valence-corrected chi connectivity index (χ4v) is 3.28. The molecule has 0 saturated heterocycles. The lowest BCUT2D eigenvalue weighted by Crippen LogP contribution is -2.26. The first-order valence-corrected chi connectivity index (χ1v) is 9.09. The Morgan fingerprint density at radius 1 is 0.714 bits per heavy atom. The van der Waals surface area contributed by atoms with Crippen molar-refractivity contribution in [2.24, 2.45) is 0 Å². The molecule has 2 N–H and O–H groups in total. The topological polar surface area (TPSA) is 74.6 Å². The minimum Gasteiger partial charge on any atom is -0.478 e. The molecular formula is C24H26O4. The van der Waals surface area contributed by atoms with Gasteiger partial charge in [-0.3, -0.25) is 0 Å². The first-order valence-electron chi connectivity index (χ1n) is 9.09. The van der Waals surface area contributed by atoms with E-state index in [0.717, 1.165) is 16.7 Å². The molecule has 2 aromatic rings. The summed E-state index contributed by atoms with van der Waals surface area (Å²) >= 11 is 0. The molecule has 2 aromatic carbocycles. The van der Waals surface area contributed by atoms with Crippen LogP contribution < -0.4 is 0 Å². The van der Waals surface area contributed by atoms with E-state index in [1.54, 1.807) is 24.3 Å². The molecule has 0 fully saturated rings. The van der Waals surface area contributed by atoms with E-state index < -0.39 is 11.9 Å². The van der Waals surface area contributed by atoms with Crippen molar-refractivity contribution < 1.29 is 19.8 Å². The van der Waals surface area contributed by atoms with Crippen molar-refractivity contribution in [3.8, 4) is 11.8 Å². The zero-order valence-corrected chi connectivity index (χ0v) is 17.2. The number of rotatable bonds is 2. The fraction of sp³-hybridized carbons (Fsp3) is 0.333. The van der Waals surface area contributed by atoms with Gasteiger partial charge in [-0.05, 0) is 58.4 Å². The van der Waals surface area contributed by atoms with E-state index in [4.69, 9.17) is 5.11 Å². The molecular weight excluding hydrogens is 352 g/mol. The third kappa shape index (κ3) is 4.61. The molecule has 0 radical (unpaired) electrons. The predicted molar refractivity (Wildman–Crippen MR) is 110 cm³/mol. The first-order chi connectivity index (χ1) is 12.8. The molecule has 4 heteroatoms. The third-order valence-electron chi connectivity index (χ3n) is 4.41. The highest BCUT2D eigenvalue weighted by atomic mass is 16.4. The molecule has 146 valence electrons. The summed E-state index contributed by atoms with van der Waals surface area (Å²) in [6.45, 7) is 12.2. The van der Waals surface area contributed by atoms with Crippen LogP contribution in [-0.4, -0.2) is 22.2 Å². The largest absolute Gasteiger partial charge is 0.478 e. The van der Waals surface area contributed by atoms with Gasteiger partial charge in [-0.1, -0.05) is 53.4 Å². The number of hydrogen-bond acceptors (Lipinski definition) is 2. The summed E-state index contributed by atoms with van der Waals surface area (Å²) in [6.07, 6.45) is 0. The molecule has 0 unspecified atom stereocenters. The molecule has 0 saturated carbocycles. The Labute approximate surface area is 166 Å². The second-order valence-corrected chi connectivity index (χ2v) is 8.85. The van der Waals surface area contributed by atoms with Gasteiger partial charge in [0.2, 0.25) is 0 Å². The number of benzene rings is 2. The van der Waals surface area contributed by atoms with Crippen LogP contribution >= 0.6 is 0 Å². The van der Waals surface area contributed by atoms with Crippen LogP contribution in [0.15, 0.2) is 36.4 Å². The number of carboxylic acid groups (broad SMARTS) is 2. The van der Waals surface area contributed by atoms with Crippen LogP contribution in [-0.2, 0) is 10.8 Å². The minimum absolute atomic E-state index is 0.210. The minimum atomic E-state index is -0.978. The van der Waals surface area contributed by atoms with Crippen LogP contribution in [0.2, 0.25) is 0 Å². The maximum absolute atomic E-state index is 11.8. The predicted octanol–water partition coefficient (Wildman–Crippen LogP) is 5.08. The van der Waals surface area contributed by atoms with E-state index in [2.05, 4.69) is 32.6 Å². The molecule has 0 atom stereocenters. The van der Waals surface area contributed by atoms with Crippen molar-refractivity contribution >= 4 is 11.9 Å². The van der Waals surface area contributed by atoms with Crippen LogP contribution in [0, 0.1) is 11.8 Å².